The zero-order valence-electron chi connectivity index (χ0n) is 16.9. The predicted molar refractivity (Wildman–Crippen MR) is 110 cm³/mol. The van der Waals surface area contributed by atoms with Crippen molar-refractivity contribution >= 4 is 5.97 Å². The highest BCUT2D eigenvalue weighted by molar-refractivity contribution is 5.95. The largest absolute Gasteiger partial charge is 0.478 e. The number of pyridine rings is 1. The molecule has 2 aliphatic rings. The molecule has 3 aromatic rings. The molecule has 1 saturated heterocycles. The number of fused-ring (bicyclic) bond motifs is 3. The number of H-pyrrole nitrogens is 1. The third kappa shape index (κ3) is 3.47. The number of aromatic carboxylic acids is 1. The lowest BCUT2D eigenvalue weighted by atomic mass is 9.87. The molecule has 0 radical (unpaired) electrons. The minimum atomic E-state index is -4.45. The molecular formula is C23H20F3N3O3. The monoisotopic (exact) mass is 443 g/mol. The summed E-state index contributed by atoms with van der Waals surface area (Å²) in [6.45, 7) is 0.714. The van der Waals surface area contributed by atoms with Crippen LogP contribution < -0.4 is 5.73 Å². The highest BCUT2D eigenvalue weighted by atomic mass is 19.4. The zero-order valence-corrected chi connectivity index (χ0v) is 16.9. The number of carboxylic acids is 1. The molecule has 0 bridgehead atoms. The Morgan fingerprint density at radius 2 is 2.03 bits per heavy atom. The lowest BCUT2D eigenvalue weighted by Gasteiger charge is -2.37. The number of hydrogen-bond acceptors (Lipinski definition) is 4. The SMILES string of the molecule is NC1(Cc2[nH]c3c(c2C(=O)O)CCc2cnc(-c4cccc(C(F)(F)F)c4)cc2-3)COC1. The maximum Gasteiger partial charge on any atom is 0.416 e. The molecule has 2 aromatic heterocycles. The Bertz CT molecular complexity index is 1230. The fourth-order valence-electron chi connectivity index (χ4n) is 4.47. The Kier molecular flexibility index (Phi) is 4.65. The molecule has 0 atom stereocenters. The van der Waals surface area contributed by atoms with E-state index in [9.17, 15) is 23.1 Å². The van der Waals surface area contributed by atoms with Crippen LogP contribution >= 0.6 is 0 Å². The molecule has 1 aliphatic heterocycles. The number of aromatic nitrogens is 2. The lowest BCUT2D eigenvalue weighted by molar-refractivity contribution is -0.137. The van der Waals surface area contributed by atoms with Crippen LogP contribution in [0.5, 0.6) is 0 Å². The van der Waals surface area contributed by atoms with Gasteiger partial charge in [-0.05, 0) is 42.2 Å². The lowest BCUT2D eigenvalue weighted by Crippen LogP contribution is -2.59. The average molecular weight is 443 g/mol. The first-order chi connectivity index (χ1) is 15.1. The molecule has 1 fully saturated rings. The summed E-state index contributed by atoms with van der Waals surface area (Å²) in [5, 5.41) is 9.87. The number of nitrogens with two attached hydrogens (primary N) is 1. The number of halogens is 3. The molecule has 9 heteroatoms. The van der Waals surface area contributed by atoms with Gasteiger partial charge in [-0.25, -0.2) is 4.79 Å². The minimum absolute atomic E-state index is 0.222. The van der Waals surface area contributed by atoms with E-state index in [-0.39, 0.29) is 5.56 Å². The van der Waals surface area contributed by atoms with Crippen LogP contribution in [0.4, 0.5) is 13.2 Å². The van der Waals surface area contributed by atoms with E-state index in [1.807, 2.05) is 0 Å². The van der Waals surface area contributed by atoms with Crippen molar-refractivity contribution in [2.45, 2.75) is 31.0 Å². The quantitative estimate of drug-likeness (QED) is 0.569. The summed E-state index contributed by atoms with van der Waals surface area (Å²) in [6, 6.07) is 6.73. The maximum absolute atomic E-state index is 13.1. The number of aryl methyl sites for hydroxylation is 1. The van der Waals surface area contributed by atoms with Gasteiger partial charge in [-0.3, -0.25) is 4.98 Å². The van der Waals surface area contributed by atoms with Gasteiger partial charge in [-0.15, -0.1) is 0 Å². The number of nitrogens with one attached hydrogen (secondary N) is 1. The van der Waals surface area contributed by atoms with E-state index in [1.165, 1.54) is 6.07 Å². The van der Waals surface area contributed by atoms with E-state index >= 15 is 0 Å². The van der Waals surface area contributed by atoms with E-state index in [2.05, 4.69) is 9.97 Å². The van der Waals surface area contributed by atoms with Crippen molar-refractivity contribution in [2.75, 3.05) is 13.2 Å². The first-order valence-electron chi connectivity index (χ1n) is 10.2. The Morgan fingerprint density at radius 1 is 1.25 bits per heavy atom. The van der Waals surface area contributed by atoms with E-state index in [0.717, 1.165) is 23.3 Å². The van der Waals surface area contributed by atoms with Gasteiger partial charge in [0.15, 0.2) is 0 Å². The second kappa shape index (κ2) is 7.18. The van der Waals surface area contributed by atoms with Crippen molar-refractivity contribution in [3.63, 3.8) is 0 Å². The number of hydrogen-bond donors (Lipinski definition) is 3. The fraction of sp³-hybridized carbons (Fsp3) is 0.304. The highest BCUT2D eigenvalue weighted by Gasteiger charge is 2.38. The number of ether oxygens (including phenoxy) is 1. The molecule has 6 nitrogen and oxygen atoms in total. The second-order valence-corrected chi connectivity index (χ2v) is 8.47. The molecule has 0 amide bonds. The minimum Gasteiger partial charge on any atom is -0.478 e. The summed E-state index contributed by atoms with van der Waals surface area (Å²) in [4.78, 5) is 19.7. The van der Waals surface area contributed by atoms with Gasteiger partial charge in [0.1, 0.15) is 0 Å². The average Bonchev–Trinajstić information content (AvgIpc) is 3.10. The first kappa shape index (κ1) is 20.7. The Hall–Kier alpha value is -3.17. The van der Waals surface area contributed by atoms with Gasteiger partial charge in [-0.1, -0.05) is 12.1 Å². The number of carbonyl (C=O) groups is 1. The van der Waals surface area contributed by atoms with Gasteiger partial charge in [0.25, 0.3) is 0 Å². The number of carboxylic acid groups (broad SMARTS) is 1. The predicted octanol–water partition coefficient (Wildman–Crippen LogP) is 3.83. The molecule has 3 heterocycles. The van der Waals surface area contributed by atoms with Crippen LogP contribution in [0.15, 0.2) is 36.5 Å². The molecule has 0 saturated carbocycles. The molecule has 166 valence electrons. The molecule has 1 aliphatic carbocycles. The molecule has 0 spiro atoms. The van der Waals surface area contributed by atoms with Gasteiger partial charge < -0.3 is 20.6 Å². The Balaban J connectivity index is 1.60. The summed E-state index contributed by atoms with van der Waals surface area (Å²) >= 11 is 0. The third-order valence-electron chi connectivity index (χ3n) is 6.09. The maximum atomic E-state index is 13.1. The zero-order chi connectivity index (χ0) is 22.7. The fourth-order valence-corrected chi connectivity index (χ4v) is 4.47. The van der Waals surface area contributed by atoms with Crippen molar-refractivity contribution in [3.05, 3.63) is 64.5 Å². The summed E-state index contributed by atoms with van der Waals surface area (Å²) in [5.74, 6) is -1.03. The van der Waals surface area contributed by atoms with Crippen LogP contribution in [0.2, 0.25) is 0 Å². The number of aromatic amines is 1. The van der Waals surface area contributed by atoms with Crippen molar-refractivity contribution < 1.29 is 27.8 Å². The summed E-state index contributed by atoms with van der Waals surface area (Å²) in [6.07, 6.45) is -1.35. The van der Waals surface area contributed by atoms with Crippen LogP contribution in [-0.4, -0.2) is 39.8 Å². The van der Waals surface area contributed by atoms with Gasteiger partial charge in [0, 0.05) is 29.4 Å². The van der Waals surface area contributed by atoms with E-state index in [0.29, 0.717) is 60.7 Å². The molecular weight excluding hydrogens is 423 g/mol. The van der Waals surface area contributed by atoms with Crippen molar-refractivity contribution in [1.82, 2.24) is 9.97 Å². The van der Waals surface area contributed by atoms with E-state index < -0.39 is 23.2 Å². The van der Waals surface area contributed by atoms with E-state index in [1.54, 1.807) is 18.3 Å². The van der Waals surface area contributed by atoms with Crippen LogP contribution in [0.1, 0.15) is 32.7 Å². The number of rotatable bonds is 4. The number of benzene rings is 1. The highest BCUT2D eigenvalue weighted by Crippen LogP contribution is 2.39. The molecule has 1 aromatic carbocycles. The molecule has 5 rings (SSSR count). The van der Waals surface area contributed by atoms with Crippen molar-refractivity contribution in [1.29, 1.82) is 0 Å². The van der Waals surface area contributed by atoms with Gasteiger partial charge >= 0.3 is 12.1 Å². The van der Waals surface area contributed by atoms with Crippen LogP contribution in [0.3, 0.4) is 0 Å². The third-order valence-corrected chi connectivity index (χ3v) is 6.09. The Labute approximate surface area is 181 Å². The van der Waals surface area contributed by atoms with Crippen molar-refractivity contribution in [3.8, 4) is 22.5 Å². The summed E-state index contributed by atoms with van der Waals surface area (Å²) in [5.41, 5.74) is 9.41. The normalized spacial score (nSPS) is 16.8. The Morgan fingerprint density at radius 3 is 2.69 bits per heavy atom. The smallest absolute Gasteiger partial charge is 0.416 e. The van der Waals surface area contributed by atoms with Gasteiger partial charge in [-0.2, -0.15) is 13.2 Å². The van der Waals surface area contributed by atoms with Crippen LogP contribution in [0.25, 0.3) is 22.5 Å². The summed E-state index contributed by atoms with van der Waals surface area (Å²) < 4.78 is 44.6. The van der Waals surface area contributed by atoms with Gasteiger partial charge in [0.05, 0.1) is 41.3 Å². The number of alkyl halides is 3. The van der Waals surface area contributed by atoms with Crippen LogP contribution in [-0.2, 0) is 30.2 Å². The number of nitrogens with zero attached hydrogens (tertiary/aromatic N) is 1. The van der Waals surface area contributed by atoms with E-state index in [4.69, 9.17) is 10.5 Å². The first-order valence-corrected chi connectivity index (χ1v) is 10.2. The molecule has 4 N–H and O–H groups in total. The molecule has 32 heavy (non-hydrogen) atoms. The van der Waals surface area contributed by atoms with Crippen LogP contribution in [0, 0.1) is 0 Å². The van der Waals surface area contributed by atoms with Gasteiger partial charge in [0.2, 0.25) is 0 Å². The second-order valence-electron chi connectivity index (χ2n) is 8.47. The summed E-state index contributed by atoms with van der Waals surface area (Å²) in [7, 11) is 0. The van der Waals surface area contributed by atoms with Crippen molar-refractivity contribution in [2.24, 2.45) is 5.73 Å². The molecule has 0 unspecified atom stereocenters. The topological polar surface area (TPSA) is 101 Å². The standard InChI is InChI=1S/C23H20F3N3O3/c24-23(25,26)14-3-1-2-12(6-14)17-7-16-13(9-28-17)4-5-15-19(21(30)31)18(29-20(15)16)8-22(27)10-32-11-22/h1-3,6-7,9,29H,4-5,8,10-11,27H2,(H,30,31).